The van der Waals surface area contributed by atoms with E-state index < -0.39 is 0 Å². The Balaban J connectivity index is 1.42. The number of nitrogens with one attached hydrogen (secondary N) is 1. The molecule has 0 amide bonds. The number of aryl methyl sites for hydroxylation is 1. The van der Waals surface area contributed by atoms with Crippen molar-refractivity contribution in [1.82, 2.24) is 9.97 Å². The van der Waals surface area contributed by atoms with E-state index in [0.29, 0.717) is 26.1 Å². The van der Waals surface area contributed by atoms with Gasteiger partial charge in [-0.25, -0.2) is 9.97 Å². The lowest BCUT2D eigenvalue weighted by molar-refractivity contribution is -0.143. The van der Waals surface area contributed by atoms with Gasteiger partial charge in [0.05, 0.1) is 23.4 Å². The van der Waals surface area contributed by atoms with Crippen LogP contribution in [0.15, 0.2) is 36.0 Å². The van der Waals surface area contributed by atoms with E-state index in [4.69, 9.17) is 9.47 Å². The summed E-state index contributed by atoms with van der Waals surface area (Å²) in [6.07, 6.45) is 3.54. The molecule has 0 saturated heterocycles. The number of ether oxygens (including phenoxy) is 2. The molecule has 2 aromatic heterocycles. The first-order valence-corrected chi connectivity index (χ1v) is 10.4. The first kappa shape index (κ1) is 20.1. The summed E-state index contributed by atoms with van der Waals surface area (Å²) < 4.78 is 11.7. The van der Waals surface area contributed by atoms with Crippen molar-refractivity contribution in [2.45, 2.75) is 33.1 Å². The molecule has 0 atom stereocenters. The number of esters is 1. The maximum atomic E-state index is 11.3. The van der Waals surface area contributed by atoms with E-state index >= 15 is 0 Å². The number of aromatic nitrogens is 2. The van der Waals surface area contributed by atoms with Crippen molar-refractivity contribution in [2.75, 3.05) is 25.1 Å². The topological polar surface area (TPSA) is 73.3 Å². The third-order valence-electron chi connectivity index (χ3n) is 4.26. The number of hydrogen-bond acceptors (Lipinski definition) is 7. The molecule has 148 valence electrons. The molecule has 0 aliphatic carbocycles. The van der Waals surface area contributed by atoms with Gasteiger partial charge in [-0.15, -0.1) is 11.3 Å². The van der Waals surface area contributed by atoms with Crippen LogP contribution in [0.5, 0.6) is 5.75 Å². The zero-order valence-corrected chi connectivity index (χ0v) is 17.1. The lowest BCUT2D eigenvalue weighted by Crippen LogP contribution is -2.07. The number of carbonyl (C=O) groups is 1. The Morgan fingerprint density at radius 3 is 2.82 bits per heavy atom. The van der Waals surface area contributed by atoms with Crippen LogP contribution >= 0.6 is 11.3 Å². The van der Waals surface area contributed by atoms with Gasteiger partial charge in [0.1, 0.15) is 17.9 Å². The summed E-state index contributed by atoms with van der Waals surface area (Å²) in [6.45, 7) is 5.59. The third-order valence-corrected chi connectivity index (χ3v) is 5.35. The van der Waals surface area contributed by atoms with Crippen molar-refractivity contribution >= 4 is 33.3 Å². The second-order valence-corrected chi connectivity index (χ2v) is 7.28. The van der Waals surface area contributed by atoms with Crippen LogP contribution in [0, 0.1) is 6.92 Å². The van der Waals surface area contributed by atoms with Gasteiger partial charge < -0.3 is 14.8 Å². The van der Waals surface area contributed by atoms with Gasteiger partial charge in [-0.2, -0.15) is 0 Å². The van der Waals surface area contributed by atoms with Gasteiger partial charge in [-0.3, -0.25) is 4.79 Å². The van der Waals surface area contributed by atoms with Crippen LogP contribution in [0.2, 0.25) is 0 Å². The Labute approximate surface area is 168 Å². The van der Waals surface area contributed by atoms with E-state index in [1.54, 1.807) is 17.7 Å². The van der Waals surface area contributed by atoms with Crippen molar-refractivity contribution < 1.29 is 14.3 Å². The second kappa shape index (κ2) is 10.0. The van der Waals surface area contributed by atoms with Gasteiger partial charge in [0, 0.05) is 13.0 Å². The molecule has 3 aromatic rings. The fourth-order valence-corrected chi connectivity index (χ4v) is 3.78. The predicted octanol–water partition coefficient (Wildman–Crippen LogP) is 4.38. The molecule has 1 aromatic carbocycles. The number of hydrogen-bond donors (Lipinski definition) is 1. The molecule has 3 rings (SSSR count). The molecule has 0 spiro atoms. The highest BCUT2D eigenvalue weighted by Gasteiger charge is 2.07. The van der Waals surface area contributed by atoms with Crippen LogP contribution in [0.4, 0.5) is 5.82 Å². The highest BCUT2D eigenvalue weighted by atomic mass is 32.1. The Hall–Kier alpha value is -2.67. The van der Waals surface area contributed by atoms with Crippen LogP contribution in [-0.4, -0.2) is 35.7 Å². The molecule has 0 unspecified atom stereocenters. The third kappa shape index (κ3) is 5.42. The van der Waals surface area contributed by atoms with Crippen LogP contribution in [0.25, 0.3) is 10.2 Å². The van der Waals surface area contributed by atoms with Gasteiger partial charge in [0.2, 0.25) is 0 Å². The van der Waals surface area contributed by atoms with Crippen molar-refractivity contribution in [3.8, 4) is 5.75 Å². The number of fused-ring (bicyclic) bond motifs is 1. The first-order valence-electron chi connectivity index (χ1n) is 9.47. The molecule has 0 bridgehead atoms. The lowest BCUT2D eigenvalue weighted by Gasteiger charge is -2.08. The summed E-state index contributed by atoms with van der Waals surface area (Å²) in [6, 6.07) is 8.05. The molecule has 6 nitrogen and oxygen atoms in total. The summed E-state index contributed by atoms with van der Waals surface area (Å²) in [5.41, 5.74) is 3.43. The highest BCUT2D eigenvalue weighted by Crippen LogP contribution is 2.28. The fourth-order valence-electron chi connectivity index (χ4n) is 2.81. The smallest absolute Gasteiger partial charge is 0.305 e. The van der Waals surface area contributed by atoms with Crippen molar-refractivity contribution in [2.24, 2.45) is 0 Å². The molecule has 0 aliphatic heterocycles. The Kier molecular flexibility index (Phi) is 7.19. The first-order chi connectivity index (χ1) is 13.7. The zero-order chi connectivity index (χ0) is 19.8. The van der Waals surface area contributed by atoms with E-state index in [1.807, 2.05) is 19.1 Å². The number of benzene rings is 1. The molecular weight excluding hydrogens is 374 g/mol. The molecule has 0 radical (unpaired) electrons. The number of nitrogens with zero attached hydrogens (tertiary/aromatic N) is 2. The van der Waals surface area contributed by atoms with E-state index in [-0.39, 0.29) is 5.97 Å². The van der Waals surface area contributed by atoms with E-state index in [0.717, 1.165) is 34.7 Å². The maximum absolute atomic E-state index is 11.3. The Bertz CT molecular complexity index is 909. The monoisotopic (exact) mass is 399 g/mol. The summed E-state index contributed by atoms with van der Waals surface area (Å²) >= 11 is 1.67. The predicted molar refractivity (Wildman–Crippen MR) is 112 cm³/mol. The van der Waals surface area contributed by atoms with Gasteiger partial charge in [0.15, 0.2) is 0 Å². The minimum Gasteiger partial charge on any atom is -0.494 e. The van der Waals surface area contributed by atoms with Crippen molar-refractivity contribution in [3.05, 3.63) is 47.1 Å². The highest BCUT2D eigenvalue weighted by molar-refractivity contribution is 7.18. The number of rotatable bonds is 10. The minimum absolute atomic E-state index is 0.174. The largest absolute Gasteiger partial charge is 0.494 e. The quantitative estimate of drug-likeness (QED) is 0.403. The minimum atomic E-state index is -0.174. The molecular formula is C21H25N3O3S. The van der Waals surface area contributed by atoms with Crippen LogP contribution in [0.3, 0.4) is 0 Å². The number of thiophene rings is 1. The van der Waals surface area contributed by atoms with Gasteiger partial charge in [-0.1, -0.05) is 12.1 Å². The molecule has 0 saturated carbocycles. The average molecular weight is 400 g/mol. The van der Waals surface area contributed by atoms with Crippen LogP contribution < -0.4 is 10.1 Å². The van der Waals surface area contributed by atoms with Crippen LogP contribution in [-0.2, 0) is 16.0 Å². The standard InChI is InChI=1S/C21H25N3O3S/c1-3-26-18(25)5-4-12-27-17-8-6-16(7-9-17)10-11-22-21-20-19(23-14-24-21)15(2)13-28-20/h6-9,13-14H,3-5,10-12H2,1-2H3,(H,22,23,24). The van der Waals surface area contributed by atoms with Gasteiger partial charge in [-0.05, 0) is 55.3 Å². The van der Waals surface area contributed by atoms with E-state index in [1.165, 1.54) is 11.1 Å². The lowest BCUT2D eigenvalue weighted by atomic mass is 10.1. The average Bonchev–Trinajstić information content (AvgIpc) is 3.09. The maximum Gasteiger partial charge on any atom is 0.305 e. The number of carbonyl (C=O) groups excluding carboxylic acids is 1. The molecule has 2 heterocycles. The van der Waals surface area contributed by atoms with E-state index in [2.05, 4.69) is 39.7 Å². The van der Waals surface area contributed by atoms with Gasteiger partial charge in [0.25, 0.3) is 0 Å². The summed E-state index contributed by atoms with van der Waals surface area (Å²) in [4.78, 5) is 20.0. The Morgan fingerprint density at radius 2 is 2.04 bits per heavy atom. The summed E-state index contributed by atoms with van der Waals surface area (Å²) in [5, 5.41) is 5.52. The SMILES string of the molecule is CCOC(=O)CCCOc1ccc(CCNc2ncnc3c(C)csc23)cc1. The Morgan fingerprint density at radius 1 is 1.21 bits per heavy atom. The number of anilines is 1. The van der Waals surface area contributed by atoms with Gasteiger partial charge >= 0.3 is 5.97 Å². The van der Waals surface area contributed by atoms with Crippen molar-refractivity contribution in [1.29, 1.82) is 0 Å². The molecule has 0 aliphatic rings. The molecule has 1 N–H and O–H groups in total. The normalized spacial score (nSPS) is 10.8. The zero-order valence-electron chi connectivity index (χ0n) is 16.2. The van der Waals surface area contributed by atoms with E-state index in [9.17, 15) is 4.79 Å². The molecule has 0 fully saturated rings. The van der Waals surface area contributed by atoms with Crippen molar-refractivity contribution in [3.63, 3.8) is 0 Å². The summed E-state index contributed by atoms with van der Waals surface area (Å²) in [5.74, 6) is 1.53. The second-order valence-electron chi connectivity index (χ2n) is 6.40. The van der Waals surface area contributed by atoms with Crippen LogP contribution in [0.1, 0.15) is 30.9 Å². The molecule has 28 heavy (non-hydrogen) atoms. The summed E-state index contributed by atoms with van der Waals surface area (Å²) in [7, 11) is 0. The fraction of sp³-hybridized carbons (Fsp3) is 0.381. The molecule has 7 heteroatoms.